The molecule has 0 saturated heterocycles. The van der Waals surface area contributed by atoms with Gasteiger partial charge in [0.05, 0.1) is 0 Å². The SMILES string of the molecule is CCC(C)[C@H](NC(=O)NCCCS(C)=O)C(=O)O. The van der Waals surface area contributed by atoms with E-state index in [1.54, 1.807) is 13.2 Å². The van der Waals surface area contributed by atoms with E-state index in [0.29, 0.717) is 25.1 Å². The highest BCUT2D eigenvalue weighted by Crippen LogP contribution is 2.07. The maximum absolute atomic E-state index is 11.5. The molecule has 0 saturated carbocycles. The lowest BCUT2D eigenvalue weighted by Crippen LogP contribution is -2.49. The fraction of sp³-hybridized carbons (Fsp3) is 0.818. The number of urea groups is 1. The van der Waals surface area contributed by atoms with Gasteiger partial charge in [0.15, 0.2) is 0 Å². The van der Waals surface area contributed by atoms with Gasteiger partial charge >= 0.3 is 12.0 Å². The summed E-state index contributed by atoms with van der Waals surface area (Å²) in [7, 11) is -0.873. The van der Waals surface area contributed by atoms with Crippen LogP contribution in [0.5, 0.6) is 0 Å². The zero-order valence-electron chi connectivity index (χ0n) is 11.1. The summed E-state index contributed by atoms with van der Waals surface area (Å²) in [4.78, 5) is 22.4. The smallest absolute Gasteiger partial charge is 0.326 e. The number of rotatable bonds is 8. The van der Waals surface area contributed by atoms with Crippen molar-refractivity contribution >= 4 is 22.8 Å². The second-order valence-corrected chi connectivity index (χ2v) is 5.79. The molecule has 7 heteroatoms. The number of carbonyl (C=O) groups is 2. The number of carboxylic acids is 1. The number of aliphatic carboxylic acids is 1. The molecular weight excluding hydrogens is 256 g/mol. The highest BCUT2D eigenvalue weighted by molar-refractivity contribution is 7.84. The third kappa shape index (κ3) is 7.26. The van der Waals surface area contributed by atoms with Gasteiger partial charge in [-0.25, -0.2) is 9.59 Å². The molecule has 0 aliphatic carbocycles. The topological polar surface area (TPSA) is 95.5 Å². The summed E-state index contributed by atoms with van der Waals surface area (Å²) in [6, 6.07) is -1.38. The largest absolute Gasteiger partial charge is 0.480 e. The highest BCUT2D eigenvalue weighted by atomic mass is 32.2. The molecule has 0 aromatic rings. The Kier molecular flexibility index (Phi) is 8.36. The minimum absolute atomic E-state index is 0.128. The van der Waals surface area contributed by atoms with E-state index in [1.165, 1.54) is 0 Å². The summed E-state index contributed by atoms with van der Waals surface area (Å²) >= 11 is 0. The molecule has 0 aromatic heterocycles. The van der Waals surface area contributed by atoms with Crippen molar-refractivity contribution in [3.8, 4) is 0 Å². The van der Waals surface area contributed by atoms with Crippen LogP contribution in [0.2, 0.25) is 0 Å². The van der Waals surface area contributed by atoms with E-state index in [9.17, 15) is 13.8 Å². The van der Waals surface area contributed by atoms with Gasteiger partial charge in [-0.3, -0.25) is 4.21 Å². The maximum atomic E-state index is 11.5. The van der Waals surface area contributed by atoms with Crippen molar-refractivity contribution in [2.75, 3.05) is 18.6 Å². The number of carboxylic acid groups (broad SMARTS) is 1. The van der Waals surface area contributed by atoms with Crippen LogP contribution in [0, 0.1) is 5.92 Å². The van der Waals surface area contributed by atoms with Crippen molar-refractivity contribution in [3.05, 3.63) is 0 Å². The van der Waals surface area contributed by atoms with Crippen LogP contribution in [0.3, 0.4) is 0 Å². The second-order valence-electron chi connectivity index (χ2n) is 4.23. The number of carbonyl (C=O) groups excluding carboxylic acids is 1. The van der Waals surface area contributed by atoms with Crippen molar-refractivity contribution in [1.82, 2.24) is 10.6 Å². The van der Waals surface area contributed by atoms with Crippen LogP contribution in [-0.2, 0) is 15.6 Å². The lowest BCUT2D eigenvalue weighted by Gasteiger charge is -2.20. The first-order valence-electron chi connectivity index (χ1n) is 5.95. The van der Waals surface area contributed by atoms with Gasteiger partial charge in [-0.15, -0.1) is 0 Å². The Labute approximate surface area is 110 Å². The van der Waals surface area contributed by atoms with E-state index >= 15 is 0 Å². The molecule has 106 valence electrons. The summed E-state index contributed by atoms with van der Waals surface area (Å²) in [5.74, 6) is -0.640. The van der Waals surface area contributed by atoms with Crippen LogP contribution in [0.1, 0.15) is 26.7 Å². The monoisotopic (exact) mass is 278 g/mol. The van der Waals surface area contributed by atoms with Crippen molar-refractivity contribution in [2.24, 2.45) is 5.92 Å². The van der Waals surface area contributed by atoms with E-state index in [4.69, 9.17) is 5.11 Å². The first kappa shape index (κ1) is 16.9. The predicted molar refractivity (Wildman–Crippen MR) is 71.0 cm³/mol. The standard InChI is InChI=1S/C11H22N2O4S/c1-4-8(2)9(10(14)15)13-11(16)12-6-5-7-18(3)17/h8-9H,4-7H2,1-3H3,(H,14,15)(H2,12,13,16)/t8?,9-,18?/m0/s1. The van der Waals surface area contributed by atoms with Gasteiger partial charge < -0.3 is 15.7 Å². The average Bonchev–Trinajstić information content (AvgIpc) is 2.30. The molecule has 0 fully saturated rings. The van der Waals surface area contributed by atoms with E-state index in [1.807, 2.05) is 6.92 Å². The van der Waals surface area contributed by atoms with Gasteiger partial charge in [-0.2, -0.15) is 0 Å². The molecule has 18 heavy (non-hydrogen) atoms. The first-order chi connectivity index (χ1) is 8.38. The number of hydrogen-bond donors (Lipinski definition) is 3. The molecule has 0 aliphatic rings. The fourth-order valence-electron chi connectivity index (χ4n) is 1.35. The van der Waals surface area contributed by atoms with Crippen molar-refractivity contribution in [2.45, 2.75) is 32.7 Å². The van der Waals surface area contributed by atoms with Crippen molar-refractivity contribution in [3.63, 3.8) is 0 Å². The fourth-order valence-corrected chi connectivity index (χ4v) is 1.90. The molecule has 6 nitrogen and oxygen atoms in total. The third-order valence-corrected chi connectivity index (χ3v) is 3.52. The Bertz CT molecular complexity index is 309. The lowest BCUT2D eigenvalue weighted by molar-refractivity contribution is -0.140. The summed E-state index contributed by atoms with van der Waals surface area (Å²) in [5, 5.41) is 14.0. The van der Waals surface area contributed by atoms with Crippen molar-refractivity contribution < 1.29 is 18.9 Å². The molecule has 3 atom stereocenters. The first-order valence-corrected chi connectivity index (χ1v) is 7.68. The molecule has 0 bridgehead atoms. The van der Waals surface area contributed by atoms with Gasteiger partial charge in [0.2, 0.25) is 0 Å². The molecular formula is C11H22N2O4S. The van der Waals surface area contributed by atoms with Crippen LogP contribution in [0.25, 0.3) is 0 Å². The second kappa shape index (κ2) is 8.91. The van der Waals surface area contributed by atoms with Crippen LogP contribution in [0.4, 0.5) is 4.79 Å². The Morgan fingerprint density at radius 3 is 2.44 bits per heavy atom. The molecule has 2 amide bonds. The Hall–Kier alpha value is -1.11. The Morgan fingerprint density at radius 2 is 2.00 bits per heavy atom. The summed E-state index contributed by atoms with van der Waals surface area (Å²) in [6.07, 6.45) is 2.88. The van der Waals surface area contributed by atoms with Crippen LogP contribution in [0.15, 0.2) is 0 Å². The normalized spacial score (nSPS) is 15.5. The van der Waals surface area contributed by atoms with Gasteiger partial charge in [0.1, 0.15) is 6.04 Å². The molecule has 0 spiro atoms. The molecule has 2 unspecified atom stereocenters. The van der Waals surface area contributed by atoms with E-state index < -0.39 is 28.8 Å². The van der Waals surface area contributed by atoms with Crippen LogP contribution >= 0.6 is 0 Å². The molecule has 0 aromatic carbocycles. The Balaban J connectivity index is 4.03. The molecule has 0 radical (unpaired) electrons. The summed E-state index contributed by atoms with van der Waals surface area (Å²) in [6.45, 7) is 4.04. The van der Waals surface area contributed by atoms with Crippen LogP contribution in [-0.4, -0.2) is 45.9 Å². The van der Waals surface area contributed by atoms with Gasteiger partial charge in [0.25, 0.3) is 0 Å². The quantitative estimate of drug-likeness (QED) is 0.565. The molecule has 0 heterocycles. The number of nitrogens with one attached hydrogen (secondary N) is 2. The van der Waals surface area contributed by atoms with Gasteiger partial charge in [-0.1, -0.05) is 20.3 Å². The van der Waals surface area contributed by atoms with E-state index in [2.05, 4.69) is 10.6 Å². The molecule has 0 aliphatic heterocycles. The minimum atomic E-state index is -1.03. The van der Waals surface area contributed by atoms with Gasteiger partial charge in [-0.05, 0) is 12.3 Å². The predicted octanol–water partition coefficient (Wildman–Crippen LogP) is 0.554. The van der Waals surface area contributed by atoms with Gasteiger partial charge in [0, 0.05) is 29.4 Å². The van der Waals surface area contributed by atoms with Crippen LogP contribution < -0.4 is 10.6 Å². The van der Waals surface area contributed by atoms with E-state index in [-0.39, 0.29) is 5.92 Å². The van der Waals surface area contributed by atoms with Crippen molar-refractivity contribution in [1.29, 1.82) is 0 Å². The molecule has 0 rings (SSSR count). The zero-order chi connectivity index (χ0) is 14.1. The Morgan fingerprint density at radius 1 is 1.39 bits per heavy atom. The maximum Gasteiger partial charge on any atom is 0.326 e. The third-order valence-electron chi connectivity index (χ3n) is 2.66. The van der Waals surface area contributed by atoms with E-state index in [0.717, 1.165) is 0 Å². The number of hydrogen-bond acceptors (Lipinski definition) is 3. The molecule has 3 N–H and O–H groups in total. The summed E-state index contributed by atoms with van der Waals surface area (Å²) < 4.78 is 10.8. The summed E-state index contributed by atoms with van der Waals surface area (Å²) in [5.41, 5.74) is 0. The highest BCUT2D eigenvalue weighted by Gasteiger charge is 2.24. The minimum Gasteiger partial charge on any atom is -0.480 e. The lowest BCUT2D eigenvalue weighted by atomic mass is 9.99. The number of amides is 2. The zero-order valence-corrected chi connectivity index (χ0v) is 11.9. The average molecular weight is 278 g/mol.